The summed E-state index contributed by atoms with van der Waals surface area (Å²) in [5.41, 5.74) is 9.78. The van der Waals surface area contributed by atoms with Crippen LogP contribution in [0.1, 0.15) is 43.0 Å². The van der Waals surface area contributed by atoms with E-state index in [0.717, 1.165) is 6.42 Å². The maximum absolute atomic E-state index is 6.34. The molecule has 2 atom stereocenters. The maximum Gasteiger partial charge on any atom is 0.0839 e. The van der Waals surface area contributed by atoms with E-state index in [2.05, 4.69) is 45.9 Å². The van der Waals surface area contributed by atoms with Crippen molar-refractivity contribution in [1.82, 2.24) is 0 Å². The fourth-order valence-corrected chi connectivity index (χ4v) is 1.93. The molecule has 0 aliphatic carbocycles. The molecule has 0 saturated carbocycles. The summed E-state index contributed by atoms with van der Waals surface area (Å²) in [6.07, 6.45) is 0.901. The molecule has 2 heteroatoms. The number of hydrogen-bond donors (Lipinski definition) is 1. The van der Waals surface area contributed by atoms with Gasteiger partial charge in [-0.15, -0.1) is 0 Å². The van der Waals surface area contributed by atoms with Crippen LogP contribution in [0.3, 0.4) is 0 Å². The van der Waals surface area contributed by atoms with E-state index >= 15 is 0 Å². The number of rotatable bonds is 4. The van der Waals surface area contributed by atoms with Crippen LogP contribution in [0.5, 0.6) is 0 Å². The highest BCUT2D eigenvalue weighted by atomic mass is 16.5. The monoisotopic (exact) mass is 221 g/mol. The number of benzene rings is 1. The molecule has 1 aromatic carbocycles. The zero-order chi connectivity index (χ0) is 12.3. The first-order valence-corrected chi connectivity index (χ1v) is 5.83. The molecule has 0 aliphatic rings. The lowest BCUT2D eigenvalue weighted by molar-refractivity contribution is -0.0196. The summed E-state index contributed by atoms with van der Waals surface area (Å²) >= 11 is 0. The molecule has 0 aliphatic heterocycles. The second-order valence-corrected chi connectivity index (χ2v) is 4.64. The van der Waals surface area contributed by atoms with Gasteiger partial charge in [0.25, 0.3) is 0 Å². The third-order valence-electron chi connectivity index (χ3n) is 3.81. The van der Waals surface area contributed by atoms with Crippen LogP contribution in [0.15, 0.2) is 18.2 Å². The molecule has 2 N–H and O–H groups in total. The molecule has 1 aromatic rings. The molecule has 0 spiro atoms. The average molecular weight is 221 g/mol. The summed E-state index contributed by atoms with van der Waals surface area (Å²) in [4.78, 5) is 0. The molecule has 0 fully saturated rings. The van der Waals surface area contributed by atoms with Crippen LogP contribution >= 0.6 is 0 Å². The molecule has 0 saturated heterocycles. The Labute approximate surface area is 98.8 Å². The fourth-order valence-electron chi connectivity index (χ4n) is 1.93. The molecule has 2 unspecified atom stereocenters. The predicted molar refractivity (Wildman–Crippen MR) is 68.5 cm³/mol. The van der Waals surface area contributed by atoms with E-state index in [4.69, 9.17) is 10.5 Å². The van der Waals surface area contributed by atoms with Crippen LogP contribution in [-0.2, 0) is 4.74 Å². The molecule has 0 bridgehead atoms. The van der Waals surface area contributed by atoms with Crippen LogP contribution in [0.25, 0.3) is 0 Å². The van der Waals surface area contributed by atoms with Gasteiger partial charge in [-0.05, 0) is 43.9 Å². The maximum atomic E-state index is 6.34. The molecule has 90 valence electrons. The third kappa shape index (κ3) is 2.28. The number of hydrogen-bond acceptors (Lipinski definition) is 2. The van der Waals surface area contributed by atoms with Crippen LogP contribution in [-0.4, -0.2) is 12.7 Å². The van der Waals surface area contributed by atoms with Gasteiger partial charge in [-0.2, -0.15) is 0 Å². The van der Waals surface area contributed by atoms with Crippen LogP contribution in [0.4, 0.5) is 0 Å². The van der Waals surface area contributed by atoms with Crippen LogP contribution in [0, 0.1) is 13.8 Å². The van der Waals surface area contributed by atoms with Gasteiger partial charge in [-0.25, -0.2) is 0 Å². The van der Waals surface area contributed by atoms with Crippen LogP contribution in [0.2, 0.25) is 0 Å². The highest BCUT2D eigenvalue weighted by Gasteiger charge is 2.31. The van der Waals surface area contributed by atoms with Gasteiger partial charge < -0.3 is 10.5 Å². The Morgan fingerprint density at radius 1 is 1.38 bits per heavy atom. The van der Waals surface area contributed by atoms with Gasteiger partial charge in [0, 0.05) is 7.11 Å². The topological polar surface area (TPSA) is 35.2 Å². The predicted octanol–water partition coefficient (Wildman–Crippen LogP) is 3.12. The van der Waals surface area contributed by atoms with Crippen molar-refractivity contribution in [2.24, 2.45) is 5.73 Å². The Morgan fingerprint density at radius 2 is 2.00 bits per heavy atom. The average Bonchev–Trinajstić information content (AvgIpc) is 2.31. The van der Waals surface area contributed by atoms with E-state index in [-0.39, 0.29) is 11.6 Å². The van der Waals surface area contributed by atoms with Crippen molar-refractivity contribution in [3.05, 3.63) is 34.9 Å². The zero-order valence-electron chi connectivity index (χ0n) is 11.0. The minimum atomic E-state index is -0.293. The van der Waals surface area contributed by atoms with Gasteiger partial charge in [0.05, 0.1) is 11.6 Å². The van der Waals surface area contributed by atoms with Gasteiger partial charge in [-0.3, -0.25) is 0 Å². The molecule has 0 heterocycles. The van der Waals surface area contributed by atoms with Crippen molar-refractivity contribution in [1.29, 1.82) is 0 Å². The van der Waals surface area contributed by atoms with Crippen molar-refractivity contribution >= 4 is 0 Å². The second kappa shape index (κ2) is 4.98. The lowest BCUT2D eigenvalue weighted by Crippen LogP contribution is -2.40. The lowest BCUT2D eigenvalue weighted by Gasteiger charge is -2.34. The Kier molecular flexibility index (Phi) is 4.11. The number of methoxy groups -OCH3 is 1. The molecule has 0 aromatic heterocycles. The molecule has 16 heavy (non-hydrogen) atoms. The van der Waals surface area contributed by atoms with Gasteiger partial charge >= 0.3 is 0 Å². The van der Waals surface area contributed by atoms with E-state index in [1.807, 2.05) is 0 Å². The molecule has 2 nitrogen and oxygen atoms in total. The largest absolute Gasteiger partial charge is 0.377 e. The lowest BCUT2D eigenvalue weighted by atomic mass is 9.85. The molecule has 1 rings (SSSR count). The van der Waals surface area contributed by atoms with Gasteiger partial charge in [0.1, 0.15) is 0 Å². The smallest absolute Gasteiger partial charge is 0.0839 e. The van der Waals surface area contributed by atoms with Crippen molar-refractivity contribution in [2.45, 2.75) is 45.8 Å². The van der Waals surface area contributed by atoms with Gasteiger partial charge in [0.15, 0.2) is 0 Å². The SMILES string of the molecule is CCC(C)(OC)C(N)c1cccc(C)c1C. The quantitative estimate of drug-likeness (QED) is 0.848. The van der Waals surface area contributed by atoms with Crippen molar-refractivity contribution < 1.29 is 4.74 Å². The first-order chi connectivity index (χ1) is 7.46. The normalized spacial score (nSPS) is 16.9. The number of aryl methyl sites for hydroxylation is 1. The van der Waals surface area contributed by atoms with E-state index in [1.54, 1.807) is 7.11 Å². The van der Waals surface area contributed by atoms with Crippen molar-refractivity contribution in [2.75, 3.05) is 7.11 Å². The Balaban J connectivity index is 3.13. The van der Waals surface area contributed by atoms with E-state index in [0.29, 0.717) is 0 Å². The Morgan fingerprint density at radius 3 is 2.50 bits per heavy atom. The Bertz CT molecular complexity index is 356. The number of nitrogens with two attached hydrogens (primary N) is 1. The van der Waals surface area contributed by atoms with E-state index < -0.39 is 0 Å². The second-order valence-electron chi connectivity index (χ2n) is 4.64. The first-order valence-electron chi connectivity index (χ1n) is 5.83. The summed E-state index contributed by atoms with van der Waals surface area (Å²) in [6.45, 7) is 8.41. The molecular formula is C14H23NO. The highest BCUT2D eigenvalue weighted by Crippen LogP contribution is 2.31. The van der Waals surface area contributed by atoms with Crippen molar-refractivity contribution in [3.63, 3.8) is 0 Å². The highest BCUT2D eigenvalue weighted by molar-refractivity contribution is 5.36. The first kappa shape index (κ1) is 13.2. The van der Waals surface area contributed by atoms with Crippen LogP contribution < -0.4 is 5.73 Å². The zero-order valence-corrected chi connectivity index (χ0v) is 11.0. The minimum absolute atomic E-state index is 0.0811. The summed E-state index contributed by atoms with van der Waals surface area (Å²) in [5.74, 6) is 0. The van der Waals surface area contributed by atoms with Crippen molar-refractivity contribution in [3.8, 4) is 0 Å². The van der Waals surface area contributed by atoms with E-state index in [1.165, 1.54) is 16.7 Å². The van der Waals surface area contributed by atoms with Gasteiger partial charge in [-0.1, -0.05) is 25.1 Å². The Hall–Kier alpha value is -0.860. The summed E-state index contributed by atoms with van der Waals surface area (Å²) in [6, 6.07) is 6.19. The minimum Gasteiger partial charge on any atom is -0.377 e. The summed E-state index contributed by atoms with van der Waals surface area (Å²) in [5, 5.41) is 0. The third-order valence-corrected chi connectivity index (χ3v) is 3.81. The number of ether oxygens (including phenoxy) is 1. The molecular weight excluding hydrogens is 198 g/mol. The van der Waals surface area contributed by atoms with Gasteiger partial charge in [0.2, 0.25) is 0 Å². The standard InChI is InChI=1S/C14H23NO/c1-6-14(4,16-5)13(15)12-9-7-8-10(2)11(12)3/h7-9,13H,6,15H2,1-5H3. The van der Waals surface area contributed by atoms with E-state index in [9.17, 15) is 0 Å². The molecule has 0 amide bonds. The molecule has 0 radical (unpaired) electrons. The summed E-state index contributed by atoms with van der Waals surface area (Å²) < 4.78 is 5.57. The fraction of sp³-hybridized carbons (Fsp3) is 0.571. The summed E-state index contributed by atoms with van der Waals surface area (Å²) in [7, 11) is 1.73.